The molecule has 4 nitrogen and oxygen atoms in total. The van der Waals surface area contributed by atoms with Crippen LogP contribution in [0.3, 0.4) is 0 Å². The topological polar surface area (TPSA) is 33.7 Å². The summed E-state index contributed by atoms with van der Waals surface area (Å²) in [5, 5.41) is 4.11. The summed E-state index contributed by atoms with van der Waals surface area (Å²) < 4.78 is 10.7. The summed E-state index contributed by atoms with van der Waals surface area (Å²) in [4.78, 5) is 2.46. The molecule has 1 fully saturated rings. The van der Waals surface area contributed by atoms with Gasteiger partial charge in [-0.15, -0.1) is 0 Å². The standard InChI is InChI=1S/C15H21ClN2O2/c1-10(18(2)12-3-4-12)7-17-8-11-5-13(16)15-14(6-11)19-9-20-15/h5-6,10,12,17H,3-4,7-9H2,1-2H3. The molecule has 0 saturated heterocycles. The Labute approximate surface area is 125 Å². The number of hydrogen-bond donors (Lipinski definition) is 1. The molecule has 1 unspecified atom stereocenters. The Bertz CT molecular complexity index is 491. The maximum absolute atomic E-state index is 6.18. The first-order valence-electron chi connectivity index (χ1n) is 7.16. The van der Waals surface area contributed by atoms with Crippen molar-refractivity contribution in [3.63, 3.8) is 0 Å². The number of nitrogens with zero attached hydrogens (tertiary/aromatic N) is 1. The SMILES string of the molecule is CC(CNCc1cc(Cl)c2c(c1)OCO2)N(C)C1CC1. The Morgan fingerprint density at radius 2 is 2.20 bits per heavy atom. The maximum atomic E-state index is 6.18. The van der Waals surface area contributed by atoms with Gasteiger partial charge in [0.05, 0.1) is 5.02 Å². The average molecular weight is 297 g/mol. The number of hydrogen-bond acceptors (Lipinski definition) is 4. The fourth-order valence-electron chi connectivity index (χ4n) is 2.53. The molecule has 1 aliphatic heterocycles. The lowest BCUT2D eigenvalue weighted by atomic mass is 10.2. The Kier molecular flexibility index (Phi) is 4.06. The van der Waals surface area contributed by atoms with Crippen LogP contribution in [-0.4, -0.2) is 37.4 Å². The van der Waals surface area contributed by atoms with E-state index in [1.54, 1.807) is 0 Å². The molecule has 0 spiro atoms. The van der Waals surface area contributed by atoms with E-state index in [0.717, 1.165) is 30.4 Å². The van der Waals surface area contributed by atoms with E-state index in [4.69, 9.17) is 21.1 Å². The highest BCUT2D eigenvalue weighted by atomic mass is 35.5. The predicted octanol–water partition coefficient (Wildman–Crippen LogP) is 2.64. The molecular weight excluding hydrogens is 276 g/mol. The summed E-state index contributed by atoms with van der Waals surface area (Å²) in [6.45, 7) is 4.28. The zero-order valence-corrected chi connectivity index (χ0v) is 12.7. The van der Waals surface area contributed by atoms with Crippen molar-refractivity contribution in [1.29, 1.82) is 0 Å². The molecule has 2 aliphatic rings. The third kappa shape index (κ3) is 3.03. The molecule has 5 heteroatoms. The zero-order chi connectivity index (χ0) is 14.1. The smallest absolute Gasteiger partial charge is 0.231 e. The predicted molar refractivity (Wildman–Crippen MR) is 79.5 cm³/mol. The largest absolute Gasteiger partial charge is 0.454 e. The van der Waals surface area contributed by atoms with Crippen LogP contribution in [0.1, 0.15) is 25.3 Å². The Hall–Kier alpha value is -0.970. The van der Waals surface area contributed by atoms with Crippen LogP contribution in [0, 0.1) is 0 Å². The number of halogens is 1. The molecule has 20 heavy (non-hydrogen) atoms. The highest BCUT2D eigenvalue weighted by Crippen LogP contribution is 2.39. The lowest BCUT2D eigenvalue weighted by molar-refractivity contribution is 0.174. The molecule has 110 valence electrons. The third-order valence-corrected chi connectivity index (χ3v) is 4.35. The van der Waals surface area contributed by atoms with E-state index >= 15 is 0 Å². The molecule has 1 aromatic rings. The van der Waals surface area contributed by atoms with Crippen molar-refractivity contribution in [3.8, 4) is 11.5 Å². The number of ether oxygens (including phenoxy) is 2. The van der Waals surface area contributed by atoms with Crippen LogP contribution < -0.4 is 14.8 Å². The molecule has 1 heterocycles. The van der Waals surface area contributed by atoms with Gasteiger partial charge in [0.15, 0.2) is 11.5 Å². The number of fused-ring (bicyclic) bond motifs is 1. The molecular formula is C15H21ClN2O2. The second-order valence-corrected chi connectivity index (χ2v) is 6.10. The van der Waals surface area contributed by atoms with Crippen LogP contribution in [0.5, 0.6) is 11.5 Å². The molecule has 1 aromatic carbocycles. The van der Waals surface area contributed by atoms with Crippen molar-refractivity contribution in [2.24, 2.45) is 0 Å². The van der Waals surface area contributed by atoms with Crippen LogP contribution in [0.2, 0.25) is 5.02 Å². The van der Waals surface area contributed by atoms with Gasteiger partial charge in [-0.2, -0.15) is 0 Å². The lowest BCUT2D eigenvalue weighted by Gasteiger charge is -2.24. The van der Waals surface area contributed by atoms with Crippen LogP contribution >= 0.6 is 11.6 Å². The second kappa shape index (κ2) is 5.80. The summed E-state index contributed by atoms with van der Waals surface area (Å²) in [6, 6.07) is 5.28. The van der Waals surface area contributed by atoms with Crippen molar-refractivity contribution in [1.82, 2.24) is 10.2 Å². The quantitative estimate of drug-likeness (QED) is 0.875. The lowest BCUT2D eigenvalue weighted by Crippen LogP contribution is -2.38. The van der Waals surface area contributed by atoms with Gasteiger partial charge in [-0.3, -0.25) is 4.90 Å². The molecule has 0 radical (unpaired) electrons. The third-order valence-electron chi connectivity index (χ3n) is 4.07. The summed E-state index contributed by atoms with van der Waals surface area (Å²) in [5.41, 5.74) is 1.13. The molecule has 1 atom stereocenters. The van der Waals surface area contributed by atoms with Gasteiger partial charge in [0.25, 0.3) is 0 Å². The maximum Gasteiger partial charge on any atom is 0.231 e. The number of nitrogens with one attached hydrogen (secondary N) is 1. The first kappa shape index (κ1) is 14.0. The van der Waals surface area contributed by atoms with Crippen LogP contribution in [0.25, 0.3) is 0 Å². The molecule has 0 amide bonds. The van der Waals surface area contributed by atoms with Crippen LogP contribution in [-0.2, 0) is 6.54 Å². The monoisotopic (exact) mass is 296 g/mol. The minimum absolute atomic E-state index is 0.259. The van der Waals surface area contributed by atoms with Gasteiger partial charge in [-0.25, -0.2) is 0 Å². The Morgan fingerprint density at radius 1 is 1.40 bits per heavy atom. The highest BCUT2D eigenvalue weighted by Gasteiger charge is 2.28. The molecule has 1 saturated carbocycles. The van der Waals surface area contributed by atoms with E-state index in [9.17, 15) is 0 Å². The number of benzene rings is 1. The fraction of sp³-hybridized carbons (Fsp3) is 0.600. The summed E-state index contributed by atoms with van der Waals surface area (Å²) in [7, 11) is 2.21. The van der Waals surface area contributed by atoms with Crippen molar-refractivity contribution in [3.05, 3.63) is 22.7 Å². The molecule has 0 bridgehead atoms. The van der Waals surface area contributed by atoms with E-state index in [1.807, 2.05) is 12.1 Å². The van der Waals surface area contributed by atoms with E-state index in [1.165, 1.54) is 12.8 Å². The number of likely N-dealkylation sites (N-methyl/N-ethyl adjacent to an activating group) is 1. The normalized spacial score (nSPS) is 18.6. The Morgan fingerprint density at radius 3 is 2.95 bits per heavy atom. The van der Waals surface area contributed by atoms with E-state index in [2.05, 4.69) is 24.2 Å². The minimum Gasteiger partial charge on any atom is -0.454 e. The fourth-order valence-corrected chi connectivity index (χ4v) is 2.82. The van der Waals surface area contributed by atoms with Crippen molar-refractivity contribution < 1.29 is 9.47 Å². The van der Waals surface area contributed by atoms with Gasteiger partial charge in [0, 0.05) is 25.2 Å². The first-order chi connectivity index (χ1) is 9.65. The van der Waals surface area contributed by atoms with Gasteiger partial charge < -0.3 is 14.8 Å². The van der Waals surface area contributed by atoms with Gasteiger partial charge in [-0.05, 0) is 44.5 Å². The van der Waals surface area contributed by atoms with E-state index in [-0.39, 0.29) is 6.79 Å². The van der Waals surface area contributed by atoms with Gasteiger partial charge in [0.2, 0.25) is 6.79 Å². The van der Waals surface area contributed by atoms with Crippen molar-refractivity contribution in [2.75, 3.05) is 20.4 Å². The van der Waals surface area contributed by atoms with Crippen molar-refractivity contribution in [2.45, 2.75) is 38.4 Å². The van der Waals surface area contributed by atoms with Gasteiger partial charge in [0.1, 0.15) is 0 Å². The van der Waals surface area contributed by atoms with Crippen LogP contribution in [0.15, 0.2) is 12.1 Å². The van der Waals surface area contributed by atoms with E-state index in [0.29, 0.717) is 16.8 Å². The first-order valence-corrected chi connectivity index (χ1v) is 7.53. The molecule has 3 rings (SSSR count). The molecule has 0 aromatic heterocycles. The molecule has 1 N–H and O–H groups in total. The average Bonchev–Trinajstić information content (AvgIpc) is 3.16. The zero-order valence-electron chi connectivity index (χ0n) is 12.0. The van der Waals surface area contributed by atoms with Gasteiger partial charge in [-0.1, -0.05) is 11.6 Å². The van der Waals surface area contributed by atoms with Crippen molar-refractivity contribution >= 4 is 11.6 Å². The Balaban J connectivity index is 1.52. The summed E-state index contributed by atoms with van der Waals surface area (Å²) in [6.07, 6.45) is 2.69. The summed E-state index contributed by atoms with van der Waals surface area (Å²) >= 11 is 6.18. The van der Waals surface area contributed by atoms with Crippen LogP contribution in [0.4, 0.5) is 0 Å². The highest BCUT2D eigenvalue weighted by molar-refractivity contribution is 6.32. The molecule has 1 aliphatic carbocycles. The second-order valence-electron chi connectivity index (χ2n) is 5.69. The van der Waals surface area contributed by atoms with Gasteiger partial charge >= 0.3 is 0 Å². The summed E-state index contributed by atoms with van der Waals surface area (Å²) in [5.74, 6) is 1.41. The minimum atomic E-state index is 0.259. The van der Waals surface area contributed by atoms with E-state index < -0.39 is 0 Å². The number of rotatable bonds is 6.